The van der Waals surface area contributed by atoms with Gasteiger partial charge < -0.3 is 5.11 Å². The van der Waals surface area contributed by atoms with Crippen molar-refractivity contribution >= 4 is 39.1 Å². The maximum Gasteiger partial charge on any atom is 0.322 e. The average molecular weight is 332 g/mol. The van der Waals surface area contributed by atoms with Crippen LogP contribution in [-0.4, -0.2) is 41.0 Å². The normalized spacial score (nSPS) is 23.6. The Kier molecular flexibility index (Phi) is 4.39. The first-order chi connectivity index (χ1) is 9.41. The number of carboxylic acids is 1. The van der Waals surface area contributed by atoms with Crippen molar-refractivity contribution in [1.82, 2.24) is 4.31 Å². The van der Waals surface area contributed by atoms with Gasteiger partial charge in [-0.2, -0.15) is 9.57 Å². The standard InChI is InChI=1S/C11H12N2O4S3/c1-2-9-13(8(6-18-9)11(14)15)20(16,17)10-4-3-7(5-12)19-10/h3-4,8-9H,2,6H2,1H3,(H,14,15). The number of hydrogen-bond acceptors (Lipinski definition) is 6. The Bertz CT molecular complexity index is 661. The summed E-state index contributed by atoms with van der Waals surface area (Å²) in [6.45, 7) is 1.82. The third-order valence-electron chi connectivity index (χ3n) is 2.90. The number of hydrogen-bond donors (Lipinski definition) is 1. The molecule has 0 radical (unpaired) electrons. The second-order valence-electron chi connectivity index (χ2n) is 4.12. The van der Waals surface area contributed by atoms with Gasteiger partial charge >= 0.3 is 5.97 Å². The second kappa shape index (κ2) is 5.73. The summed E-state index contributed by atoms with van der Waals surface area (Å²) in [6, 6.07) is 3.61. The van der Waals surface area contributed by atoms with E-state index < -0.39 is 22.0 Å². The molecule has 1 N–H and O–H groups in total. The molecule has 0 saturated carbocycles. The van der Waals surface area contributed by atoms with Crippen LogP contribution in [0.5, 0.6) is 0 Å². The lowest BCUT2D eigenvalue weighted by Gasteiger charge is -2.24. The Morgan fingerprint density at radius 2 is 2.30 bits per heavy atom. The van der Waals surface area contributed by atoms with Gasteiger partial charge in [0.25, 0.3) is 10.0 Å². The van der Waals surface area contributed by atoms with Gasteiger partial charge in [0.1, 0.15) is 21.2 Å². The van der Waals surface area contributed by atoms with Crippen LogP contribution in [0.1, 0.15) is 18.2 Å². The molecular formula is C11H12N2O4S3. The minimum Gasteiger partial charge on any atom is -0.480 e. The lowest BCUT2D eigenvalue weighted by atomic mass is 10.3. The highest BCUT2D eigenvalue weighted by molar-refractivity contribution is 8.01. The largest absolute Gasteiger partial charge is 0.480 e. The van der Waals surface area contributed by atoms with E-state index in [1.807, 2.05) is 13.0 Å². The van der Waals surface area contributed by atoms with E-state index >= 15 is 0 Å². The molecule has 1 saturated heterocycles. The summed E-state index contributed by atoms with van der Waals surface area (Å²) in [4.78, 5) is 11.5. The monoisotopic (exact) mass is 332 g/mol. The molecule has 0 aliphatic carbocycles. The number of sulfonamides is 1. The molecule has 20 heavy (non-hydrogen) atoms. The third-order valence-corrected chi connectivity index (χ3v) is 7.86. The second-order valence-corrected chi connectivity index (χ2v) is 8.48. The lowest BCUT2D eigenvalue weighted by molar-refractivity contribution is -0.140. The Labute approximate surface area is 125 Å². The zero-order valence-electron chi connectivity index (χ0n) is 10.5. The van der Waals surface area contributed by atoms with Crippen molar-refractivity contribution in [2.45, 2.75) is 29.0 Å². The molecule has 2 atom stereocenters. The number of nitrogens with zero attached hydrogens (tertiary/aromatic N) is 2. The van der Waals surface area contributed by atoms with E-state index in [0.717, 1.165) is 15.6 Å². The molecule has 0 aromatic carbocycles. The fourth-order valence-corrected chi connectivity index (χ4v) is 6.72. The predicted octanol–water partition coefficient (Wildman–Crippen LogP) is 1.55. The summed E-state index contributed by atoms with van der Waals surface area (Å²) in [7, 11) is -3.88. The number of rotatable bonds is 4. The van der Waals surface area contributed by atoms with Crippen LogP contribution in [0.15, 0.2) is 16.3 Å². The number of thioether (sulfide) groups is 1. The summed E-state index contributed by atoms with van der Waals surface area (Å²) in [5, 5.41) is 17.6. The molecule has 9 heteroatoms. The van der Waals surface area contributed by atoms with Crippen molar-refractivity contribution in [3.8, 4) is 6.07 Å². The van der Waals surface area contributed by atoms with Gasteiger partial charge in [-0.15, -0.1) is 23.1 Å². The van der Waals surface area contributed by atoms with Crippen LogP contribution in [0.4, 0.5) is 0 Å². The van der Waals surface area contributed by atoms with Crippen molar-refractivity contribution in [3.05, 3.63) is 17.0 Å². The molecule has 1 aliphatic rings. The Balaban J connectivity index is 2.44. The van der Waals surface area contributed by atoms with Crippen LogP contribution in [-0.2, 0) is 14.8 Å². The van der Waals surface area contributed by atoms with Crippen molar-refractivity contribution < 1.29 is 18.3 Å². The molecule has 2 heterocycles. The van der Waals surface area contributed by atoms with E-state index in [-0.39, 0.29) is 20.2 Å². The third kappa shape index (κ3) is 2.56. The van der Waals surface area contributed by atoms with Crippen LogP contribution < -0.4 is 0 Å². The van der Waals surface area contributed by atoms with Gasteiger partial charge in [0.05, 0.1) is 5.37 Å². The minimum absolute atomic E-state index is 0.0150. The molecule has 1 aliphatic heterocycles. The van der Waals surface area contributed by atoms with Crippen LogP contribution in [0, 0.1) is 11.3 Å². The topological polar surface area (TPSA) is 98.5 Å². The van der Waals surface area contributed by atoms with E-state index in [2.05, 4.69) is 0 Å². The Morgan fingerprint density at radius 1 is 1.60 bits per heavy atom. The number of nitriles is 1. The molecule has 108 valence electrons. The highest BCUT2D eigenvalue weighted by atomic mass is 32.2. The smallest absolute Gasteiger partial charge is 0.322 e. The van der Waals surface area contributed by atoms with Gasteiger partial charge in [0.15, 0.2) is 0 Å². The summed E-state index contributed by atoms with van der Waals surface area (Å²) in [6.07, 6.45) is 0.532. The SMILES string of the molecule is CCC1SCC(C(=O)O)N1S(=O)(=O)c1ccc(C#N)s1. The fourth-order valence-electron chi connectivity index (χ4n) is 1.97. The summed E-state index contributed by atoms with van der Waals surface area (Å²) in [5.74, 6) is -0.905. The number of thiophene rings is 1. The van der Waals surface area contributed by atoms with Gasteiger partial charge in [0.2, 0.25) is 0 Å². The van der Waals surface area contributed by atoms with Gasteiger partial charge in [-0.25, -0.2) is 8.42 Å². The predicted molar refractivity (Wildman–Crippen MR) is 76.0 cm³/mol. The number of carboxylic acid groups (broad SMARTS) is 1. The molecule has 2 rings (SSSR count). The van der Waals surface area contributed by atoms with Gasteiger partial charge in [-0.3, -0.25) is 4.79 Å². The van der Waals surface area contributed by atoms with Gasteiger partial charge in [0, 0.05) is 5.75 Å². The van der Waals surface area contributed by atoms with Crippen molar-refractivity contribution in [2.24, 2.45) is 0 Å². The van der Waals surface area contributed by atoms with Crippen LogP contribution >= 0.6 is 23.1 Å². The number of aliphatic carboxylic acids is 1. The Hall–Kier alpha value is -1.08. The molecule has 1 aromatic rings. The average Bonchev–Trinajstić information content (AvgIpc) is 3.05. The highest BCUT2D eigenvalue weighted by Crippen LogP contribution is 2.37. The highest BCUT2D eigenvalue weighted by Gasteiger charge is 2.46. The molecule has 1 aromatic heterocycles. The maximum absolute atomic E-state index is 12.6. The van der Waals surface area contributed by atoms with E-state index in [0.29, 0.717) is 6.42 Å². The summed E-state index contributed by atoms with van der Waals surface area (Å²) in [5.41, 5.74) is 0. The van der Waals surface area contributed by atoms with Crippen LogP contribution in [0.25, 0.3) is 0 Å². The summed E-state index contributed by atoms with van der Waals surface area (Å²) < 4.78 is 26.3. The quantitative estimate of drug-likeness (QED) is 0.898. The first-order valence-electron chi connectivity index (χ1n) is 5.79. The fraction of sp³-hybridized carbons (Fsp3) is 0.455. The maximum atomic E-state index is 12.6. The zero-order valence-corrected chi connectivity index (χ0v) is 13.0. The van der Waals surface area contributed by atoms with E-state index in [1.165, 1.54) is 23.9 Å². The zero-order chi connectivity index (χ0) is 14.9. The number of carbonyl (C=O) groups is 1. The van der Waals surface area contributed by atoms with Crippen molar-refractivity contribution in [1.29, 1.82) is 5.26 Å². The van der Waals surface area contributed by atoms with E-state index in [1.54, 1.807) is 0 Å². The molecular weight excluding hydrogens is 320 g/mol. The van der Waals surface area contributed by atoms with Crippen molar-refractivity contribution in [3.63, 3.8) is 0 Å². The van der Waals surface area contributed by atoms with Gasteiger partial charge in [-0.05, 0) is 18.6 Å². The molecule has 2 unspecified atom stereocenters. The van der Waals surface area contributed by atoms with Crippen molar-refractivity contribution in [2.75, 3.05) is 5.75 Å². The molecule has 1 fully saturated rings. The Morgan fingerprint density at radius 3 is 2.80 bits per heavy atom. The van der Waals surface area contributed by atoms with Gasteiger partial charge in [-0.1, -0.05) is 6.92 Å². The first kappa shape index (κ1) is 15.3. The van der Waals surface area contributed by atoms with Crippen LogP contribution in [0.3, 0.4) is 0 Å². The minimum atomic E-state index is -3.88. The van der Waals surface area contributed by atoms with E-state index in [9.17, 15) is 18.3 Å². The summed E-state index contributed by atoms with van der Waals surface area (Å²) >= 11 is 2.19. The lowest BCUT2D eigenvalue weighted by Crippen LogP contribution is -2.45. The van der Waals surface area contributed by atoms with E-state index in [4.69, 9.17) is 5.26 Å². The van der Waals surface area contributed by atoms with Crippen LogP contribution in [0.2, 0.25) is 0 Å². The molecule has 0 spiro atoms. The molecule has 6 nitrogen and oxygen atoms in total. The molecule has 0 amide bonds. The first-order valence-corrected chi connectivity index (χ1v) is 9.10. The molecule has 0 bridgehead atoms.